The Morgan fingerprint density at radius 2 is 2.11 bits per heavy atom. The first kappa shape index (κ1) is 11.9. The smallest absolute Gasteiger partial charge is 0.286 e. The van der Waals surface area contributed by atoms with Crippen molar-refractivity contribution in [2.45, 2.75) is 11.2 Å². The van der Waals surface area contributed by atoms with Gasteiger partial charge in [0.2, 0.25) is 5.69 Å². The number of benzene rings is 1. The van der Waals surface area contributed by atoms with Crippen LogP contribution in [-0.2, 0) is 0 Å². The Kier molecular flexibility index (Phi) is 2.83. The van der Waals surface area contributed by atoms with Gasteiger partial charge in [0.15, 0.2) is 11.0 Å². The van der Waals surface area contributed by atoms with E-state index in [1.54, 1.807) is 0 Å². The molecule has 0 bridgehead atoms. The molecular formula is C12H10N4O2S. The van der Waals surface area contributed by atoms with Crippen LogP contribution in [0, 0.1) is 4.91 Å². The minimum atomic E-state index is -0.476. The SMILES string of the molecule is Nc1nc2n(c(=O)c1N=O)C(c1ccccc1)CS2. The quantitative estimate of drug-likeness (QED) is 0.667. The number of nitrogen functional groups attached to an aromatic ring is 1. The Morgan fingerprint density at radius 3 is 2.79 bits per heavy atom. The molecule has 0 fully saturated rings. The molecular weight excluding hydrogens is 264 g/mol. The Morgan fingerprint density at radius 1 is 1.37 bits per heavy atom. The van der Waals surface area contributed by atoms with E-state index in [1.807, 2.05) is 30.3 Å². The van der Waals surface area contributed by atoms with Crippen LogP contribution < -0.4 is 11.3 Å². The maximum atomic E-state index is 12.2. The van der Waals surface area contributed by atoms with E-state index >= 15 is 0 Å². The second-order valence-electron chi connectivity index (χ2n) is 4.13. The summed E-state index contributed by atoms with van der Waals surface area (Å²) >= 11 is 1.45. The van der Waals surface area contributed by atoms with E-state index in [9.17, 15) is 9.70 Å². The van der Waals surface area contributed by atoms with Crippen LogP contribution in [0.2, 0.25) is 0 Å². The number of hydrogen-bond acceptors (Lipinski definition) is 6. The monoisotopic (exact) mass is 274 g/mol. The average molecular weight is 274 g/mol. The van der Waals surface area contributed by atoms with Crippen molar-refractivity contribution in [2.24, 2.45) is 5.18 Å². The highest BCUT2D eigenvalue weighted by Gasteiger charge is 2.29. The van der Waals surface area contributed by atoms with Crippen LogP contribution in [0.5, 0.6) is 0 Å². The van der Waals surface area contributed by atoms with Crippen LogP contribution in [0.3, 0.4) is 0 Å². The Labute approximate surface area is 112 Å². The van der Waals surface area contributed by atoms with Gasteiger partial charge in [-0.25, -0.2) is 4.98 Å². The van der Waals surface area contributed by atoms with Gasteiger partial charge in [-0.15, -0.1) is 4.91 Å². The van der Waals surface area contributed by atoms with E-state index in [-0.39, 0.29) is 17.5 Å². The minimum Gasteiger partial charge on any atom is -0.382 e. The van der Waals surface area contributed by atoms with Crippen molar-refractivity contribution in [3.63, 3.8) is 0 Å². The molecule has 2 heterocycles. The highest BCUT2D eigenvalue weighted by Crippen LogP contribution is 2.36. The van der Waals surface area contributed by atoms with Crippen LogP contribution in [0.25, 0.3) is 0 Å². The first-order valence-electron chi connectivity index (χ1n) is 5.65. The van der Waals surface area contributed by atoms with E-state index in [2.05, 4.69) is 10.2 Å². The van der Waals surface area contributed by atoms with Crippen molar-refractivity contribution in [1.82, 2.24) is 9.55 Å². The van der Waals surface area contributed by atoms with Gasteiger partial charge in [-0.05, 0) is 10.7 Å². The van der Waals surface area contributed by atoms with Gasteiger partial charge >= 0.3 is 0 Å². The summed E-state index contributed by atoms with van der Waals surface area (Å²) in [6, 6.07) is 9.48. The highest BCUT2D eigenvalue weighted by molar-refractivity contribution is 7.99. The van der Waals surface area contributed by atoms with E-state index in [1.165, 1.54) is 16.3 Å². The molecule has 1 aliphatic heterocycles. The van der Waals surface area contributed by atoms with Crippen molar-refractivity contribution in [3.8, 4) is 0 Å². The first-order chi connectivity index (χ1) is 9.22. The third-order valence-electron chi connectivity index (χ3n) is 3.04. The molecule has 0 aliphatic carbocycles. The molecule has 0 amide bonds. The summed E-state index contributed by atoms with van der Waals surface area (Å²) in [5.41, 5.74) is 5.77. The largest absolute Gasteiger partial charge is 0.382 e. The zero-order valence-corrected chi connectivity index (χ0v) is 10.6. The zero-order valence-electron chi connectivity index (χ0n) is 9.81. The maximum Gasteiger partial charge on any atom is 0.286 e. The van der Waals surface area contributed by atoms with Crippen molar-refractivity contribution in [2.75, 3.05) is 11.5 Å². The summed E-state index contributed by atoms with van der Waals surface area (Å²) in [4.78, 5) is 27.0. The third kappa shape index (κ3) is 1.82. The van der Waals surface area contributed by atoms with Crippen LogP contribution in [0.4, 0.5) is 11.5 Å². The van der Waals surface area contributed by atoms with Crippen LogP contribution in [-0.4, -0.2) is 15.3 Å². The van der Waals surface area contributed by atoms with Crippen LogP contribution in [0.15, 0.2) is 45.5 Å². The molecule has 0 saturated carbocycles. The Balaban J connectivity index is 2.20. The number of hydrogen-bond donors (Lipinski definition) is 1. The summed E-state index contributed by atoms with van der Waals surface area (Å²) < 4.78 is 1.49. The number of nitrogens with zero attached hydrogens (tertiary/aromatic N) is 3. The molecule has 0 radical (unpaired) electrons. The van der Waals surface area contributed by atoms with Crippen molar-refractivity contribution in [3.05, 3.63) is 51.2 Å². The first-order valence-corrected chi connectivity index (χ1v) is 6.64. The molecule has 7 heteroatoms. The molecule has 6 nitrogen and oxygen atoms in total. The van der Waals surface area contributed by atoms with E-state index in [0.29, 0.717) is 10.9 Å². The van der Waals surface area contributed by atoms with Gasteiger partial charge < -0.3 is 5.73 Å². The zero-order chi connectivity index (χ0) is 13.4. The molecule has 0 spiro atoms. The number of nitroso groups, excluding NO2 is 1. The van der Waals surface area contributed by atoms with Gasteiger partial charge in [-0.3, -0.25) is 9.36 Å². The van der Waals surface area contributed by atoms with Gasteiger partial charge in [0.05, 0.1) is 6.04 Å². The predicted molar refractivity (Wildman–Crippen MR) is 73.7 cm³/mol. The standard InChI is InChI=1S/C12H10N4O2S/c13-10-9(15-18)11(17)16-8(6-19-12(16)14-10)7-4-2-1-3-5-7/h1-5,8H,6,13H2. The summed E-state index contributed by atoms with van der Waals surface area (Å²) in [6.45, 7) is 0. The normalized spacial score (nSPS) is 17.2. The lowest BCUT2D eigenvalue weighted by atomic mass is 10.1. The van der Waals surface area contributed by atoms with E-state index in [0.717, 1.165) is 5.56 Å². The molecule has 1 aliphatic rings. The second kappa shape index (κ2) is 4.51. The van der Waals surface area contributed by atoms with Gasteiger partial charge in [-0.1, -0.05) is 42.1 Å². The maximum absolute atomic E-state index is 12.2. The third-order valence-corrected chi connectivity index (χ3v) is 4.07. The molecule has 1 unspecified atom stereocenters. The summed E-state index contributed by atoms with van der Waals surface area (Å²) in [5, 5.41) is 3.23. The number of rotatable bonds is 2. The fraction of sp³-hybridized carbons (Fsp3) is 0.167. The van der Waals surface area contributed by atoms with Gasteiger partial charge in [0.1, 0.15) is 0 Å². The summed E-state index contributed by atoms with van der Waals surface area (Å²) in [6.07, 6.45) is 0. The highest BCUT2D eigenvalue weighted by atomic mass is 32.2. The molecule has 0 saturated heterocycles. The number of anilines is 1. The molecule has 1 atom stereocenters. The topological polar surface area (TPSA) is 90.3 Å². The molecule has 1 aromatic carbocycles. The molecule has 1 aromatic heterocycles. The van der Waals surface area contributed by atoms with Crippen LogP contribution in [0.1, 0.15) is 11.6 Å². The number of fused-ring (bicyclic) bond motifs is 1. The lowest BCUT2D eigenvalue weighted by Gasteiger charge is -2.13. The lowest BCUT2D eigenvalue weighted by molar-refractivity contribution is 0.575. The van der Waals surface area contributed by atoms with Crippen molar-refractivity contribution >= 4 is 23.3 Å². The average Bonchev–Trinajstić information content (AvgIpc) is 2.84. The predicted octanol–water partition coefficient (Wildman–Crippen LogP) is 1.92. The Bertz CT molecular complexity index is 699. The Hall–Kier alpha value is -2.15. The van der Waals surface area contributed by atoms with E-state index < -0.39 is 5.56 Å². The molecule has 2 N–H and O–H groups in total. The number of thioether (sulfide) groups is 1. The number of aromatic nitrogens is 2. The fourth-order valence-electron chi connectivity index (χ4n) is 2.13. The van der Waals surface area contributed by atoms with Crippen molar-refractivity contribution < 1.29 is 0 Å². The van der Waals surface area contributed by atoms with E-state index in [4.69, 9.17) is 5.73 Å². The van der Waals surface area contributed by atoms with Crippen molar-refractivity contribution in [1.29, 1.82) is 0 Å². The number of nitrogens with two attached hydrogens (primary N) is 1. The van der Waals surface area contributed by atoms with Gasteiger partial charge in [0, 0.05) is 5.75 Å². The fourth-order valence-corrected chi connectivity index (χ4v) is 3.29. The lowest BCUT2D eigenvalue weighted by Crippen LogP contribution is -2.25. The molecule has 2 aromatic rings. The molecule has 3 rings (SSSR count). The summed E-state index contributed by atoms with van der Waals surface area (Å²) in [5.74, 6) is 0.584. The van der Waals surface area contributed by atoms with Crippen LogP contribution >= 0.6 is 11.8 Å². The summed E-state index contributed by atoms with van der Waals surface area (Å²) in [7, 11) is 0. The minimum absolute atomic E-state index is 0.104. The molecule has 19 heavy (non-hydrogen) atoms. The van der Waals surface area contributed by atoms with Gasteiger partial charge in [0.25, 0.3) is 5.56 Å². The second-order valence-corrected chi connectivity index (χ2v) is 5.12. The van der Waals surface area contributed by atoms with Gasteiger partial charge in [-0.2, -0.15) is 0 Å². The molecule has 96 valence electrons.